The number of nitrogens with one attached hydrogen (secondary N) is 2. The first kappa shape index (κ1) is 19.1. The Morgan fingerprint density at radius 3 is 2.77 bits per heavy atom. The van der Waals surface area contributed by atoms with Gasteiger partial charge in [0.05, 0.1) is 25.8 Å². The van der Waals surface area contributed by atoms with Crippen LogP contribution in [0.4, 0.5) is 4.79 Å². The summed E-state index contributed by atoms with van der Waals surface area (Å²) in [6.07, 6.45) is 1.61. The van der Waals surface area contributed by atoms with Gasteiger partial charge in [0.2, 0.25) is 0 Å². The van der Waals surface area contributed by atoms with E-state index in [1.165, 1.54) is 5.23 Å². The largest absolute Gasteiger partial charge is 0.444 e. The van der Waals surface area contributed by atoms with Crippen LogP contribution in [-0.4, -0.2) is 62.4 Å². The Hall–Kier alpha value is -0.930. The van der Waals surface area contributed by atoms with Crippen LogP contribution >= 0.6 is 0 Å². The number of amides is 1. The summed E-state index contributed by atoms with van der Waals surface area (Å²) in [6, 6.07) is -0.230. The molecule has 8 nitrogen and oxygen atoms in total. The zero-order chi connectivity index (χ0) is 16.4. The molecule has 1 rings (SSSR count). The van der Waals surface area contributed by atoms with E-state index in [-0.39, 0.29) is 6.04 Å². The number of hydrogen-bond acceptors (Lipinski definition) is 7. The van der Waals surface area contributed by atoms with E-state index in [0.717, 1.165) is 19.4 Å². The molecule has 22 heavy (non-hydrogen) atoms. The minimum absolute atomic E-state index is 0.230. The lowest BCUT2D eigenvalue weighted by atomic mass is 10.2. The number of ether oxygens (including phenoxy) is 1. The Balaban J connectivity index is 2.38. The molecule has 1 saturated heterocycles. The molecule has 1 aliphatic rings. The number of alkyl carbamates (subject to hydrolysis) is 1. The van der Waals surface area contributed by atoms with E-state index in [1.807, 2.05) is 20.8 Å². The predicted octanol–water partition coefficient (Wildman–Crippen LogP) is 0.387. The second-order valence-corrected chi connectivity index (χ2v) is 6.23. The maximum atomic E-state index is 11.9. The van der Waals surface area contributed by atoms with Gasteiger partial charge in [0, 0.05) is 19.6 Å². The van der Waals surface area contributed by atoms with Crippen molar-refractivity contribution in [3.8, 4) is 0 Å². The Kier molecular flexibility index (Phi) is 8.66. The molecule has 0 unspecified atom stereocenters. The molecule has 1 atom stereocenters. The zero-order valence-corrected chi connectivity index (χ0v) is 13.9. The highest BCUT2D eigenvalue weighted by Gasteiger charge is 2.21. The second kappa shape index (κ2) is 9.96. The summed E-state index contributed by atoms with van der Waals surface area (Å²) in [6.45, 7) is 8.93. The number of nitrogens with two attached hydrogens (primary N) is 1. The van der Waals surface area contributed by atoms with Gasteiger partial charge >= 0.3 is 6.09 Å². The molecule has 8 heteroatoms. The van der Waals surface area contributed by atoms with Crippen molar-refractivity contribution in [1.82, 2.24) is 15.9 Å². The third-order valence-electron chi connectivity index (χ3n) is 2.82. The maximum Gasteiger partial charge on any atom is 0.407 e. The average Bonchev–Trinajstić information content (AvgIpc) is 2.44. The molecule has 0 saturated carbocycles. The van der Waals surface area contributed by atoms with Gasteiger partial charge < -0.3 is 21.1 Å². The molecule has 1 amide bonds. The Morgan fingerprint density at radius 1 is 1.41 bits per heavy atom. The number of carbonyl (C=O) groups is 1. The molecule has 1 heterocycles. The zero-order valence-electron chi connectivity index (χ0n) is 13.9. The van der Waals surface area contributed by atoms with Gasteiger partial charge in [-0.25, -0.2) is 4.79 Å². The molecule has 1 aliphatic heterocycles. The Bertz CT molecular complexity index is 316. The third kappa shape index (κ3) is 9.16. The van der Waals surface area contributed by atoms with Crippen LogP contribution in [0, 0.1) is 0 Å². The first-order valence-corrected chi connectivity index (χ1v) is 7.84. The van der Waals surface area contributed by atoms with E-state index < -0.39 is 11.7 Å². The molecular formula is C14H30N4O4. The number of hydrogen-bond donors (Lipinski definition) is 3. The van der Waals surface area contributed by atoms with Crippen molar-refractivity contribution in [3.63, 3.8) is 0 Å². The number of hydroxylamine groups is 2. The fourth-order valence-electron chi connectivity index (χ4n) is 1.85. The summed E-state index contributed by atoms with van der Waals surface area (Å²) in [5.74, 6) is 0. The van der Waals surface area contributed by atoms with Crippen molar-refractivity contribution in [2.24, 2.45) is 5.73 Å². The third-order valence-corrected chi connectivity index (χ3v) is 2.82. The van der Waals surface area contributed by atoms with Crippen LogP contribution in [0.5, 0.6) is 0 Å². The van der Waals surface area contributed by atoms with Crippen molar-refractivity contribution >= 4 is 6.09 Å². The van der Waals surface area contributed by atoms with Gasteiger partial charge in [-0.2, -0.15) is 0 Å². The fraction of sp³-hybridized carbons (Fsp3) is 0.929. The molecule has 4 N–H and O–H groups in total. The first-order chi connectivity index (χ1) is 10.4. The summed E-state index contributed by atoms with van der Waals surface area (Å²) in [4.78, 5) is 22.8. The van der Waals surface area contributed by atoms with E-state index in [0.29, 0.717) is 32.8 Å². The smallest absolute Gasteiger partial charge is 0.407 e. The van der Waals surface area contributed by atoms with Gasteiger partial charge in [0.1, 0.15) is 5.60 Å². The molecule has 0 spiro atoms. The minimum Gasteiger partial charge on any atom is -0.444 e. The number of rotatable bonds is 8. The van der Waals surface area contributed by atoms with Crippen LogP contribution < -0.4 is 16.4 Å². The summed E-state index contributed by atoms with van der Waals surface area (Å²) in [5, 5.41) is 7.44. The maximum absolute atomic E-state index is 11.9. The highest BCUT2D eigenvalue weighted by molar-refractivity contribution is 5.68. The number of carbonyl (C=O) groups excluding carboxylic acids is 1. The highest BCUT2D eigenvalue weighted by atomic mass is 16.9. The average molecular weight is 318 g/mol. The normalized spacial score (nSPS) is 18.0. The quantitative estimate of drug-likeness (QED) is 0.557. The van der Waals surface area contributed by atoms with Gasteiger partial charge in [0.25, 0.3) is 0 Å². The Morgan fingerprint density at radius 2 is 2.18 bits per heavy atom. The van der Waals surface area contributed by atoms with Crippen molar-refractivity contribution < 1.29 is 19.2 Å². The molecule has 0 aromatic rings. The van der Waals surface area contributed by atoms with E-state index in [9.17, 15) is 4.79 Å². The first-order valence-electron chi connectivity index (χ1n) is 7.84. The lowest BCUT2D eigenvalue weighted by Crippen LogP contribution is -2.48. The molecule has 0 radical (unpaired) electrons. The van der Waals surface area contributed by atoms with Gasteiger partial charge in [-0.3, -0.25) is 9.68 Å². The van der Waals surface area contributed by atoms with Crippen LogP contribution in [0.2, 0.25) is 0 Å². The van der Waals surface area contributed by atoms with E-state index >= 15 is 0 Å². The van der Waals surface area contributed by atoms with Crippen LogP contribution in [0.25, 0.3) is 0 Å². The van der Waals surface area contributed by atoms with E-state index in [1.54, 1.807) is 0 Å². The van der Waals surface area contributed by atoms with Crippen LogP contribution in [0.15, 0.2) is 0 Å². The van der Waals surface area contributed by atoms with Crippen molar-refractivity contribution in [1.29, 1.82) is 0 Å². The van der Waals surface area contributed by atoms with E-state index in [4.69, 9.17) is 20.1 Å². The van der Waals surface area contributed by atoms with Gasteiger partial charge in [-0.15, -0.1) is 0 Å². The summed E-state index contributed by atoms with van der Waals surface area (Å²) in [5.41, 5.74) is 4.92. The van der Waals surface area contributed by atoms with Gasteiger partial charge in [0.15, 0.2) is 0 Å². The number of nitrogens with zero attached hydrogens (tertiary/aromatic N) is 1. The van der Waals surface area contributed by atoms with Gasteiger partial charge in [-0.1, -0.05) is 5.23 Å². The van der Waals surface area contributed by atoms with Gasteiger partial charge in [-0.05, 0) is 33.6 Å². The van der Waals surface area contributed by atoms with Crippen molar-refractivity contribution in [3.05, 3.63) is 0 Å². The lowest BCUT2D eigenvalue weighted by molar-refractivity contribution is -0.380. The SMILES string of the molecule is CC(C)(C)OC(=O)N[C@H](CNCCN)CON1CCCCO1. The summed E-state index contributed by atoms with van der Waals surface area (Å²) >= 11 is 0. The Labute approximate surface area is 132 Å². The topological polar surface area (TPSA) is 98.1 Å². The monoisotopic (exact) mass is 318 g/mol. The van der Waals surface area contributed by atoms with Crippen LogP contribution in [0.1, 0.15) is 33.6 Å². The fourth-order valence-corrected chi connectivity index (χ4v) is 1.85. The molecule has 0 aromatic heterocycles. The molecule has 0 aromatic carbocycles. The van der Waals surface area contributed by atoms with Crippen molar-refractivity contribution in [2.75, 3.05) is 39.4 Å². The highest BCUT2D eigenvalue weighted by Crippen LogP contribution is 2.08. The van der Waals surface area contributed by atoms with Crippen LogP contribution in [-0.2, 0) is 14.4 Å². The molecule has 130 valence electrons. The minimum atomic E-state index is -0.532. The van der Waals surface area contributed by atoms with E-state index in [2.05, 4.69) is 10.6 Å². The molecular weight excluding hydrogens is 288 g/mol. The van der Waals surface area contributed by atoms with Crippen LogP contribution in [0.3, 0.4) is 0 Å². The second-order valence-electron chi connectivity index (χ2n) is 6.23. The predicted molar refractivity (Wildman–Crippen MR) is 82.9 cm³/mol. The molecule has 0 aliphatic carbocycles. The summed E-state index contributed by atoms with van der Waals surface area (Å²) in [7, 11) is 0. The standard InChI is InChI=1S/C14H30N4O4/c1-14(2,3)22-13(19)17-12(10-16-7-6-15)11-21-18-8-4-5-9-20-18/h12,16H,4-11,15H2,1-3H3,(H,17,19)/t12-/m1/s1. The lowest BCUT2D eigenvalue weighted by Gasteiger charge is -2.28. The summed E-state index contributed by atoms with van der Waals surface area (Å²) < 4.78 is 5.26. The molecule has 0 bridgehead atoms. The van der Waals surface area contributed by atoms with Crippen molar-refractivity contribution in [2.45, 2.75) is 45.3 Å². The molecule has 1 fully saturated rings.